The number of piperidine rings is 1. The zero-order chi connectivity index (χ0) is 32.1. The average molecular weight is 657 g/mol. The molecule has 6 rings (SSSR count). The van der Waals surface area contributed by atoms with Gasteiger partial charge in [0.25, 0.3) is 0 Å². The maximum Gasteiger partial charge on any atom is 0.415 e. The maximum atomic E-state index is 13.2. The monoisotopic (exact) mass is 656 g/mol. The molecule has 6 atom stereocenters. The maximum absolute atomic E-state index is 13.2. The van der Waals surface area contributed by atoms with Crippen LogP contribution in [-0.2, 0) is 32.8 Å². The van der Waals surface area contributed by atoms with E-state index in [4.69, 9.17) is 25.1 Å². The third-order valence-electron chi connectivity index (χ3n) is 10.4. The molecule has 2 fully saturated rings. The number of Topliss-reactive ketones (excluding diaryl/α,β-unsaturated/α-hetero) is 1. The molecule has 2 bridgehead atoms. The third-order valence-corrected chi connectivity index (χ3v) is 10.4. The predicted octanol–water partition coefficient (Wildman–Crippen LogP) is -0.999. The first kappa shape index (κ1) is 33.5. The fraction of sp³-hybridized carbons (Fsp3) is 0.515. The number of methoxy groups -OCH3 is 1. The molecule has 46 heavy (non-hydrogen) atoms. The van der Waals surface area contributed by atoms with Gasteiger partial charge in [-0.3, -0.25) is 14.4 Å². The number of nitrogens with one attached hydrogen (secondary N) is 1. The Balaban J connectivity index is 0.00000417. The molecular weight excluding hydrogens is 616 g/mol. The highest BCUT2D eigenvalue weighted by molar-refractivity contribution is 5.89. The molecular formula is C33H41ClN4O8. The number of likely N-dealkylation sites (tertiary alicyclic amines) is 1. The summed E-state index contributed by atoms with van der Waals surface area (Å²) in [5, 5.41) is 11.3. The van der Waals surface area contributed by atoms with Crippen LogP contribution in [0.4, 0.5) is 4.79 Å². The third kappa shape index (κ3) is 5.67. The molecule has 1 spiro atoms. The second-order valence-electron chi connectivity index (χ2n) is 13.1. The number of ketones is 1. The first-order valence-corrected chi connectivity index (χ1v) is 15.5. The van der Waals surface area contributed by atoms with Crippen LogP contribution in [0.5, 0.6) is 17.2 Å². The van der Waals surface area contributed by atoms with Crippen molar-refractivity contribution in [2.24, 2.45) is 11.7 Å². The number of quaternary nitrogens is 1. The summed E-state index contributed by atoms with van der Waals surface area (Å²) < 4.78 is 18.5. The Kier molecular flexibility index (Phi) is 9.27. The van der Waals surface area contributed by atoms with Crippen LogP contribution in [0.1, 0.15) is 42.4 Å². The lowest BCUT2D eigenvalue weighted by atomic mass is 9.51. The number of ether oxygens (including phenoxy) is 3. The molecule has 2 amide bonds. The molecule has 12 nitrogen and oxygen atoms in total. The van der Waals surface area contributed by atoms with Gasteiger partial charge in [0, 0.05) is 56.4 Å². The molecule has 248 valence electrons. The van der Waals surface area contributed by atoms with E-state index in [0.717, 1.165) is 48.1 Å². The van der Waals surface area contributed by atoms with Crippen molar-refractivity contribution in [3.05, 3.63) is 53.1 Å². The highest BCUT2D eigenvalue weighted by atomic mass is 35.5. The lowest BCUT2D eigenvalue weighted by Crippen LogP contribution is -3.00. The van der Waals surface area contributed by atoms with Gasteiger partial charge in [-0.25, -0.2) is 4.79 Å². The average Bonchev–Trinajstić information content (AvgIpc) is 3.36. The lowest BCUT2D eigenvalue weighted by molar-refractivity contribution is -0.957. The lowest BCUT2D eigenvalue weighted by Gasteiger charge is -2.60. The highest BCUT2D eigenvalue weighted by Gasteiger charge is 2.69. The topological polar surface area (TPSA) is 157 Å². The van der Waals surface area contributed by atoms with Crippen molar-refractivity contribution in [2.75, 3.05) is 40.8 Å². The standard InChI is InChI=1S/C33H40N4O8.ClH/c1-36(14-13-35-31(41)23(34)17-27(39)40)32(42)44-21-7-4-19(5-8-21)18-37(2)15-12-33-22-9-10-25(38)30(33)45-29-26(43-3)11-6-20(28(29)33)16-24(22)37;/h4-8,11,22-24,30H,9-10,12-18,34H2,1-3H3,(H-,35,39,40,41);1H/t22-,23-,24?,30-,33-,37+;/m0./s1. The van der Waals surface area contributed by atoms with Gasteiger partial charge in [-0.15, -0.1) is 0 Å². The Morgan fingerprint density at radius 3 is 2.65 bits per heavy atom. The van der Waals surface area contributed by atoms with Gasteiger partial charge >= 0.3 is 12.1 Å². The Hall–Kier alpha value is -3.87. The van der Waals surface area contributed by atoms with Crippen LogP contribution in [0.25, 0.3) is 0 Å². The van der Waals surface area contributed by atoms with Crippen molar-refractivity contribution in [3.8, 4) is 17.2 Å². The Bertz CT molecular complexity index is 1540. The number of aliphatic carboxylic acids is 1. The molecule has 2 aromatic rings. The zero-order valence-corrected chi connectivity index (χ0v) is 27.0. The van der Waals surface area contributed by atoms with Crippen LogP contribution in [0.3, 0.4) is 0 Å². The van der Waals surface area contributed by atoms with E-state index in [-0.39, 0.29) is 36.7 Å². The number of carboxylic acid groups (broad SMARTS) is 1. The molecule has 0 radical (unpaired) electrons. The number of nitrogens with zero attached hydrogens (tertiary/aromatic N) is 2. The van der Waals surface area contributed by atoms with Gasteiger partial charge in [-0.05, 0) is 42.3 Å². The Morgan fingerprint density at radius 1 is 1.22 bits per heavy atom. The molecule has 1 saturated carbocycles. The second kappa shape index (κ2) is 12.7. The largest absolute Gasteiger partial charge is 1.00 e. The number of nitrogens with two attached hydrogens (primary N) is 1. The van der Waals surface area contributed by atoms with E-state index in [9.17, 15) is 19.2 Å². The molecule has 4 aliphatic rings. The second-order valence-corrected chi connectivity index (χ2v) is 13.1. The predicted molar refractivity (Wildman–Crippen MR) is 162 cm³/mol. The van der Waals surface area contributed by atoms with Crippen molar-refractivity contribution in [1.82, 2.24) is 10.2 Å². The quantitative estimate of drug-likeness (QED) is 0.273. The summed E-state index contributed by atoms with van der Waals surface area (Å²) in [6.45, 7) is 2.00. The van der Waals surface area contributed by atoms with Crippen molar-refractivity contribution >= 4 is 23.8 Å². The fourth-order valence-electron chi connectivity index (χ4n) is 8.25. The van der Waals surface area contributed by atoms with E-state index in [1.807, 2.05) is 18.2 Å². The van der Waals surface area contributed by atoms with Gasteiger partial charge in [-0.1, -0.05) is 6.07 Å². The number of hydrogen-bond donors (Lipinski definition) is 3. The summed E-state index contributed by atoms with van der Waals surface area (Å²) in [6, 6.07) is 10.9. The Labute approximate surface area is 274 Å². The molecule has 2 aromatic carbocycles. The molecule has 1 unspecified atom stereocenters. The molecule has 2 aliphatic carbocycles. The van der Waals surface area contributed by atoms with E-state index < -0.39 is 36.5 Å². The minimum atomic E-state index is -1.16. The van der Waals surface area contributed by atoms with E-state index in [1.54, 1.807) is 26.3 Å². The zero-order valence-electron chi connectivity index (χ0n) is 26.3. The Morgan fingerprint density at radius 2 is 1.96 bits per heavy atom. The van der Waals surface area contributed by atoms with Gasteiger partial charge < -0.3 is 52.2 Å². The number of carbonyl (C=O) groups is 4. The number of carboxylic acids is 1. The number of amides is 2. The number of likely N-dealkylation sites (N-methyl/N-ethyl adjacent to an activating group) is 2. The number of benzene rings is 2. The molecule has 0 aromatic heterocycles. The summed E-state index contributed by atoms with van der Waals surface area (Å²) in [4.78, 5) is 49.8. The van der Waals surface area contributed by atoms with Gasteiger partial charge in [0.05, 0.1) is 44.6 Å². The van der Waals surface area contributed by atoms with Crippen LogP contribution in [-0.4, -0.2) is 97.3 Å². The molecule has 4 N–H and O–H groups in total. The van der Waals surface area contributed by atoms with Crippen LogP contribution < -0.4 is 37.7 Å². The first-order chi connectivity index (χ1) is 21.5. The van der Waals surface area contributed by atoms with E-state index in [0.29, 0.717) is 29.9 Å². The molecule has 2 heterocycles. The van der Waals surface area contributed by atoms with Gasteiger partial charge in [0.1, 0.15) is 12.3 Å². The number of hydrogen-bond acceptors (Lipinski definition) is 8. The first-order valence-electron chi connectivity index (χ1n) is 15.5. The summed E-state index contributed by atoms with van der Waals surface area (Å²) in [5.41, 5.74) is 8.88. The fourth-order valence-corrected chi connectivity index (χ4v) is 8.25. The van der Waals surface area contributed by atoms with Crippen LogP contribution in [0.2, 0.25) is 0 Å². The highest BCUT2D eigenvalue weighted by Crippen LogP contribution is 2.64. The van der Waals surface area contributed by atoms with E-state index >= 15 is 0 Å². The minimum absolute atomic E-state index is 0. The van der Waals surface area contributed by atoms with Crippen LogP contribution in [0.15, 0.2) is 36.4 Å². The SMILES string of the molecule is COc1ccc2c3c1O[C@H]1C(=O)CC[C@H]4C(C2)[N@@+](C)(Cc2ccc(OC(=O)N(C)CCNC(=O)[C@@H](N)CC(=O)O)cc2)CC[C@]314.[Cl-]. The van der Waals surface area contributed by atoms with Gasteiger partial charge in [0.2, 0.25) is 5.91 Å². The van der Waals surface area contributed by atoms with Crippen molar-refractivity contribution in [1.29, 1.82) is 0 Å². The summed E-state index contributed by atoms with van der Waals surface area (Å²) >= 11 is 0. The van der Waals surface area contributed by atoms with E-state index in [2.05, 4.69) is 18.4 Å². The number of halogens is 1. The number of rotatable bonds is 10. The summed E-state index contributed by atoms with van der Waals surface area (Å²) in [5.74, 6) is 0.685. The van der Waals surface area contributed by atoms with Crippen molar-refractivity contribution in [2.45, 2.75) is 62.3 Å². The molecule has 13 heteroatoms. The van der Waals surface area contributed by atoms with Crippen LogP contribution in [0, 0.1) is 5.92 Å². The van der Waals surface area contributed by atoms with Crippen LogP contribution >= 0.6 is 0 Å². The molecule has 1 saturated heterocycles. The minimum Gasteiger partial charge on any atom is -1.00 e. The van der Waals surface area contributed by atoms with Gasteiger partial charge in [-0.2, -0.15) is 0 Å². The number of carbonyl (C=O) groups excluding carboxylic acids is 3. The van der Waals surface area contributed by atoms with E-state index in [1.165, 1.54) is 16.0 Å². The molecule has 2 aliphatic heterocycles. The van der Waals surface area contributed by atoms with Crippen molar-refractivity contribution in [3.63, 3.8) is 0 Å². The normalized spacial score (nSPS) is 27.3. The van der Waals surface area contributed by atoms with Crippen molar-refractivity contribution < 1.29 is 55.4 Å². The summed E-state index contributed by atoms with van der Waals surface area (Å²) in [6.07, 6.45) is 1.73. The smallest absolute Gasteiger partial charge is 0.415 e. The summed E-state index contributed by atoms with van der Waals surface area (Å²) in [7, 11) is 5.52. The van der Waals surface area contributed by atoms with Gasteiger partial charge in [0.15, 0.2) is 23.4 Å².